The van der Waals surface area contributed by atoms with Gasteiger partial charge in [0.25, 0.3) is 0 Å². The monoisotopic (exact) mass is 263 g/mol. The molecular formula is C12H10FN3OS. The predicted molar refractivity (Wildman–Crippen MR) is 66.6 cm³/mol. The summed E-state index contributed by atoms with van der Waals surface area (Å²) in [5, 5.41) is 13.4. The third-order valence-corrected chi connectivity index (χ3v) is 3.12. The Morgan fingerprint density at radius 3 is 2.94 bits per heavy atom. The van der Waals surface area contributed by atoms with Crippen molar-refractivity contribution in [2.75, 3.05) is 0 Å². The second-order valence-corrected chi connectivity index (χ2v) is 4.51. The first kappa shape index (κ1) is 12.5. The van der Waals surface area contributed by atoms with Gasteiger partial charge in [-0.25, -0.2) is 4.39 Å². The van der Waals surface area contributed by atoms with Gasteiger partial charge in [0, 0.05) is 29.7 Å². The number of rotatable bonds is 4. The lowest BCUT2D eigenvalue weighted by Crippen LogP contribution is -2.15. The van der Waals surface area contributed by atoms with Crippen molar-refractivity contribution in [1.29, 1.82) is 5.26 Å². The molecule has 4 nitrogen and oxygen atoms in total. The lowest BCUT2D eigenvalue weighted by atomic mass is 10.1. The van der Waals surface area contributed by atoms with E-state index in [0.29, 0.717) is 18.7 Å². The van der Waals surface area contributed by atoms with Crippen LogP contribution in [0, 0.1) is 17.1 Å². The lowest BCUT2D eigenvalue weighted by molar-refractivity contribution is 0.583. The van der Waals surface area contributed by atoms with Crippen molar-refractivity contribution in [2.45, 2.75) is 13.1 Å². The molecule has 0 aliphatic heterocycles. The molecule has 1 heterocycles. The zero-order valence-electron chi connectivity index (χ0n) is 9.37. The number of aromatic nitrogens is 1. The van der Waals surface area contributed by atoms with Gasteiger partial charge in [0.2, 0.25) is 0 Å². The first-order valence-electron chi connectivity index (χ1n) is 5.25. The van der Waals surface area contributed by atoms with E-state index in [1.807, 2.05) is 0 Å². The summed E-state index contributed by atoms with van der Waals surface area (Å²) in [4.78, 5) is 13.4. The summed E-state index contributed by atoms with van der Waals surface area (Å²) in [6.07, 6.45) is 0. The van der Waals surface area contributed by atoms with Gasteiger partial charge in [-0.3, -0.25) is 4.79 Å². The fraction of sp³-hybridized carbons (Fsp3) is 0.167. The number of halogens is 1. The van der Waals surface area contributed by atoms with Crippen molar-refractivity contribution in [2.24, 2.45) is 0 Å². The van der Waals surface area contributed by atoms with Crippen LogP contribution >= 0.6 is 11.3 Å². The van der Waals surface area contributed by atoms with Gasteiger partial charge < -0.3 is 10.3 Å². The third-order valence-electron chi connectivity index (χ3n) is 2.40. The average Bonchev–Trinajstić information content (AvgIpc) is 2.77. The number of aromatic amines is 1. The molecule has 6 heteroatoms. The Balaban J connectivity index is 1.99. The first-order valence-corrected chi connectivity index (χ1v) is 6.13. The van der Waals surface area contributed by atoms with Crippen molar-refractivity contribution >= 4 is 11.3 Å². The molecule has 1 aromatic carbocycles. The molecule has 0 aliphatic rings. The highest BCUT2D eigenvalue weighted by atomic mass is 32.1. The van der Waals surface area contributed by atoms with E-state index in [0.717, 1.165) is 17.0 Å². The Hall–Kier alpha value is -1.97. The molecule has 18 heavy (non-hydrogen) atoms. The first-order chi connectivity index (χ1) is 8.70. The van der Waals surface area contributed by atoms with Crippen LogP contribution in [0.25, 0.3) is 0 Å². The maximum atomic E-state index is 13.7. The Labute approximate surface area is 107 Å². The van der Waals surface area contributed by atoms with E-state index in [-0.39, 0.29) is 10.4 Å². The Morgan fingerprint density at radius 2 is 2.28 bits per heavy atom. The fourth-order valence-electron chi connectivity index (χ4n) is 1.54. The number of hydrogen-bond donors (Lipinski definition) is 2. The van der Waals surface area contributed by atoms with Gasteiger partial charge in [-0.1, -0.05) is 23.5 Å². The molecule has 2 rings (SSSR count). The summed E-state index contributed by atoms with van der Waals surface area (Å²) in [6.45, 7) is 0.758. The van der Waals surface area contributed by atoms with Crippen LogP contribution in [0.4, 0.5) is 4.39 Å². The van der Waals surface area contributed by atoms with Crippen LogP contribution in [-0.2, 0) is 13.1 Å². The molecule has 0 saturated carbocycles. The van der Waals surface area contributed by atoms with Crippen molar-refractivity contribution in [1.82, 2.24) is 10.3 Å². The summed E-state index contributed by atoms with van der Waals surface area (Å²) >= 11 is 1.09. The van der Waals surface area contributed by atoms with Crippen LogP contribution in [0.3, 0.4) is 0 Å². The van der Waals surface area contributed by atoms with Crippen LogP contribution in [0.1, 0.15) is 16.8 Å². The van der Waals surface area contributed by atoms with Gasteiger partial charge in [0.1, 0.15) is 11.9 Å². The zero-order valence-corrected chi connectivity index (χ0v) is 10.2. The summed E-state index contributed by atoms with van der Waals surface area (Å²) < 4.78 is 13.7. The lowest BCUT2D eigenvalue weighted by Gasteiger charge is -2.05. The topological polar surface area (TPSA) is 68.7 Å². The second kappa shape index (κ2) is 5.58. The zero-order chi connectivity index (χ0) is 13.0. The van der Waals surface area contributed by atoms with E-state index in [9.17, 15) is 9.18 Å². The maximum absolute atomic E-state index is 13.7. The maximum Gasteiger partial charge on any atom is 0.304 e. The van der Waals surface area contributed by atoms with Gasteiger partial charge >= 0.3 is 4.87 Å². The molecule has 0 amide bonds. The number of nitrogens with one attached hydrogen (secondary N) is 2. The highest BCUT2D eigenvalue weighted by molar-refractivity contribution is 7.07. The van der Waals surface area contributed by atoms with Crippen LogP contribution in [0.15, 0.2) is 28.4 Å². The van der Waals surface area contributed by atoms with Gasteiger partial charge in [-0.15, -0.1) is 0 Å². The molecular weight excluding hydrogens is 253 g/mol. The van der Waals surface area contributed by atoms with Crippen LogP contribution in [0.2, 0.25) is 0 Å². The fourth-order valence-corrected chi connectivity index (χ4v) is 2.12. The Bertz CT molecular complexity index is 641. The molecule has 0 atom stereocenters. The molecule has 0 fully saturated rings. The molecule has 0 radical (unpaired) electrons. The number of nitriles is 1. The van der Waals surface area contributed by atoms with Gasteiger partial charge in [-0.05, 0) is 6.07 Å². The smallest absolute Gasteiger partial charge is 0.304 e. The summed E-state index contributed by atoms with van der Waals surface area (Å²) in [5.74, 6) is -0.494. The van der Waals surface area contributed by atoms with Crippen molar-refractivity contribution in [3.05, 3.63) is 55.9 Å². The molecule has 1 aromatic heterocycles. The van der Waals surface area contributed by atoms with Crippen molar-refractivity contribution in [3.63, 3.8) is 0 Å². The summed E-state index contributed by atoms with van der Waals surface area (Å²) in [5.41, 5.74) is 1.24. The van der Waals surface area contributed by atoms with Crippen LogP contribution < -0.4 is 10.2 Å². The van der Waals surface area contributed by atoms with Gasteiger partial charge in [-0.2, -0.15) is 5.26 Å². The SMILES string of the molecule is N#Cc1cccc(CNCc2csc(=O)[nH]2)c1F. The molecule has 0 saturated heterocycles. The highest BCUT2D eigenvalue weighted by Crippen LogP contribution is 2.11. The molecule has 2 N–H and O–H groups in total. The number of benzene rings is 1. The minimum Gasteiger partial charge on any atom is -0.315 e. The van der Waals surface area contributed by atoms with E-state index in [1.165, 1.54) is 6.07 Å². The molecule has 0 bridgehead atoms. The average molecular weight is 263 g/mol. The highest BCUT2D eigenvalue weighted by Gasteiger charge is 2.06. The van der Waals surface area contributed by atoms with E-state index >= 15 is 0 Å². The van der Waals surface area contributed by atoms with E-state index in [2.05, 4.69) is 10.3 Å². The number of nitrogens with zero attached hydrogens (tertiary/aromatic N) is 1. The molecule has 0 spiro atoms. The predicted octanol–water partition coefficient (Wildman–Crippen LogP) is 1.74. The summed E-state index contributed by atoms with van der Waals surface area (Å²) in [6, 6.07) is 6.51. The Kier molecular flexibility index (Phi) is 3.87. The van der Waals surface area contributed by atoms with E-state index < -0.39 is 5.82 Å². The van der Waals surface area contributed by atoms with E-state index in [4.69, 9.17) is 5.26 Å². The molecule has 2 aromatic rings. The number of H-pyrrole nitrogens is 1. The molecule has 0 unspecified atom stereocenters. The molecule has 92 valence electrons. The van der Waals surface area contributed by atoms with Crippen LogP contribution in [0.5, 0.6) is 0 Å². The third kappa shape index (κ3) is 2.83. The van der Waals surface area contributed by atoms with Crippen LogP contribution in [-0.4, -0.2) is 4.98 Å². The minimum atomic E-state index is -0.494. The van der Waals surface area contributed by atoms with Gasteiger partial charge in [0.15, 0.2) is 0 Å². The summed E-state index contributed by atoms with van der Waals surface area (Å²) in [7, 11) is 0. The van der Waals surface area contributed by atoms with Gasteiger partial charge in [0.05, 0.1) is 5.56 Å². The number of thiazole rings is 1. The normalized spacial score (nSPS) is 10.2. The quantitative estimate of drug-likeness (QED) is 0.882. The number of hydrogen-bond acceptors (Lipinski definition) is 4. The second-order valence-electron chi connectivity index (χ2n) is 3.67. The van der Waals surface area contributed by atoms with E-state index in [1.54, 1.807) is 23.6 Å². The minimum absolute atomic E-state index is 0.0400. The standard InChI is InChI=1S/C12H10FN3OS/c13-11-8(4-14)2-1-3-9(11)5-15-6-10-7-18-12(17)16-10/h1-3,7,15H,5-6H2,(H,16,17). The largest absolute Gasteiger partial charge is 0.315 e. The Morgan fingerprint density at radius 1 is 1.44 bits per heavy atom. The van der Waals surface area contributed by atoms with Crippen molar-refractivity contribution < 1.29 is 4.39 Å². The van der Waals surface area contributed by atoms with Crippen molar-refractivity contribution in [3.8, 4) is 6.07 Å². The molecule has 0 aliphatic carbocycles.